The van der Waals surface area contributed by atoms with Crippen LogP contribution in [-0.2, 0) is 0 Å². The van der Waals surface area contributed by atoms with Crippen LogP contribution in [-0.4, -0.2) is 0 Å². The fourth-order valence-electron chi connectivity index (χ4n) is 2.90. The predicted molar refractivity (Wildman–Crippen MR) is 74.3 cm³/mol. The van der Waals surface area contributed by atoms with E-state index in [1.807, 2.05) is 12.1 Å². The molecule has 1 aliphatic carbocycles. The van der Waals surface area contributed by atoms with Gasteiger partial charge in [0.05, 0.1) is 0 Å². The van der Waals surface area contributed by atoms with Gasteiger partial charge in [0.2, 0.25) is 0 Å². The minimum atomic E-state index is 0.149. The summed E-state index contributed by atoms with van der Waals surface area (Å²) in [6.07, 6.45) is 7.99. The van der Waals surface area contributed by atoms with Crippen LogP contribution in [0.5, 0.6) is 0 Å². The summed E-state index contributed by atoms with van der Waals surface area (Å²) in [6.45, 7) is 2.07. The summed E-state index contributed by atoms with van der Waals surface area (Å²) >= 11 is 6.08. The molecule has 1 unspecified atom stereocenters. The number of hydrogen-bond acceptors (Lipinski definition) is 1. The predicted octanol–water partition coefficient (Wildman–Crippen LogP) is 4.62. The van der Waals surface area contributed by atoms with Crippen LogP contribution < -0.4 is 5.73 Å². The van der Waals surface area contributed by atoms with Crippen LogP contribution in [0.25, 0.3) is 0 Å². The number of hydrogen-bond donors (Lipinski definition) is 1. The maximum absolute atomic E-state index is 6.30. The second kappa shape index (κ2) is 5.88. The van der Waals surface area contributed by atoms with E-state index in [2.05, 4.69) is 13.0 Å². The maximum atomic E-state index is 6.30. The zero-order valence-corrected chi connectivity index (χ0v) is 11.3. The van der Waals surface area contributed by atoms with Crippen LogP contribution in [0.2, 0.25) is 5.02 Å². The molecule has 94 valence electrons. The number of aryl methyl sites for hydroxylation is 1. The van der Waals surface area contributed by atoms with Crippen molar-refractivity contribution in [2.45, 2.75) is 51.5 Å². The van der Waals surface area contributed by atoms with Gasteiger partial charge < -0.3 is 5.73 Å². The second-order valence-corrected chi connectivity index (χ2v) is 5.84. The van der Waals surface area contributed by atoms with Crippen molar-refractivity contribution in [3.8, 4) is 0 Å². The molecule has 0 saturated heterocycles. The Kier molecular flexibility index (Phi) is 4.47. The van der Waals surface area contributed by atoms with E-state index in [1.54, 1.807) is 0 Å². The molecule has 0 amide bonds. The number of halogens is 1. The molecule has 1 aromatic rings. The zero-order chi connectivity index (χ0) is 12.3. The van der Waals surface area contributed by atoms with E-state index in [0.29, 0.717) is 0 Å². The van der Waals surface area contributed by atoms with Crippen LogP contribution in [0.15, 0.2) is 18.2 Å². The van der Waals surface area contributed by atoms with Crippen molar-refractivity contribution in [1.82, 2.24) is 0 Å². The van der Waals surface area contributed by atoms with Gasteiger partial charge in [-0.2, -0.15) is 0 Å². The fraction of sp³-hybridized carbons (Fsp3) is 0.600. The summed E-state index contributed by atoms with van der Waals surface area (Å²) in [7, 11) is 0. The molecular weight excluding hydrogens is 230 g/mol. The normalized spacial score (nSPS) is 19.2. The lowest BCUT2D eigenvalue weighted by atomic mass is 9.83. The topological polar surface area (TPSA) is 26.0 Å². The number of rotatable bonds is 3. The molecule has 17 heavy (non-hydrogen) atoms. The molecule has 0 bridgehead atoms. The van der Waals surface area contributed by atoms with Crippen LogP contribution in [0.4, 0.5) is 0 Å². The van der Waals surface area contributed by atoms with Crippen LogP contribution in [0.3, 0.4) is 0 Å². The van der Waals surface area contributed by atoms with E-state index in [-0.39, 0.29) is 6.04 Å². The van der Waals surface area contributed by atoms with Gasteiger partial charge in [0.15, 0.2) is 0 Å². The van der Waals surface area contributed by atoms with E-state index in [4.69, 9.17) is 17.3 Å². The molecule has 0 heterocycles. The van der Waals surface area contributed by atoms with Gasteiger partial charge in [0, 0.05) is 11.1 Å². The van der Waals surface area contributed by atoms with Gasteiger partial charge in [-0.25, -0.2) is 0 Å². The highest BCUT2D eigenvalue weighted by molar-refractivity contribution is 6.30. The fourth-order valence-corrected chi connectivity index (χ4v) is 3.19. The lowest BCUT2D eigenvalue weighted by Crippen LogP contribution is -2.17. The van der Waals surface area contributed by atoms with Crippen molar-refractivity contribution < 1.29 is 0 Å². The van der Waals surface area contributed by atoms with E-state index in [1.165, 1.54) is 43.2 Å². The summed E-state index contributed by atoms with van der Waals surface area (Å²) < 4.78 is 0. The second-order valence-electron chi connectivity index (χ2n) is 5.41. The van der Waals surface area contributed by atoms with E-state index < -0.39 is 0 Å². The molecule has 2 N–H and O–H groups in total. The van der Waals surface area contributed by atoms with Gasteiger partial charge in [-0.1, -0.05) is 49.8 Å². The standard InChI is InChI=1S/C15H22ClN/c1-11-7-13(10-14(16)8-11)15(17)9-12-5-3-2-4-6-12/h7-8,10,12,15H,2-6,9,17H2,1H3. The van der Waals surface area contributed by atoms with E-state index in [9.17, 15) is 0 Å². The molecule has 1 nitrogen and oxygen atoms in total. The zero-order valence-electron chi connectivity index (χ0n) is 10.6. The molecule has 0 spiro atoms. The van der Waals surface area contributed by atoms with Crippen LogP contribution >= 0.6 is 11.6 Å². The SMILES string of the molecule is Cc1cc(Cl)cc(C(N)CC2CCCCC2)c1. The first-order valence-corrected chi connectivity index (χ1v) is 7.05. The minimum Gasteiger partial charge on any atom is -0.324 e. The molecule has 1 saturated carbocycles. The Labute approximate surface area is 109 Å². The smallest absolute Gasteiger partial charge is 0.0411 e. The van der Waals surface area contributed by atoms with Gasteiger partial charge in [-0.15, -0.1) is 0 Å². The molecule has 1 aliphatic rings. The van der Waals surface area contributed by atoms with Gasteiger partial charge in [0.25, 0.3) is 0 Å². The number of benzene rings is 1. The molecule has 2 heteroatoms. The lowest BCUT2D eigenvalue weighted by Gasteiger charge is -2.25. The van der Waals surface area contributed by atoms with Crippen molar-refractivity contribution in [2.75, 3.05) is 0 Å². The third-order valence-corrected chi connectivity index (χ3v) is 4.02. The van der Waals surface area contributed by atoms with Gasteiger partial charge in [0.1, 0.15) is 0 Å². The summed E-state index contributed by atoms with van der Waals surface area (Å²) in [5, 5.41) is 0.805. The Balaban J connectivity index is 2.00. The highest BCUT2D eigenvalue weighted by Gasteiger charge is 2.18. The van der Waals surface area contributed by atoms with Gasteiger partial charge in [-0.3, -0.25) is 0 Å². The van der Waals surface area contributed by atoms with Crippen molar-refractivity contribution in [2.24, 2.45) is 11.7 Å². The van der Waals surface area contributed by atoms with Crippen LogP contribution in [0.1, 0.15) is 55.7 Å². The Bertz CT molecular complexity index is 349. The van der Waals surface area contributed by atoms with E-state index >= 15 is 0 Å². The Morgan fingerprint density at radius 3 is 2.59 bits per heavy atom. The first-order chi connectivity index (χ1) is 8.15. The average Bonchev–Trinajstić information content (AvgIpc) is 2.29. The van der Waals surface area contributed by atoms with Gasteiger partial charge in [-0.05, 0) is 42.5 Å². The molecule has 2 rings (SSSR count). The largest absolute Gasteiger partial charge is 0.324 e. The third kappa shape index (κ3) is 3.72. The van der Waals surface area contributed by atoms with Crippen LogP contribution in [0, 0.1) is 12.8 Å². The molecular formula is C15H22ClN. The summed E-state index contributed by atoms with van der Waals surface area (Å²) in [6, 6.07) is 6.32. The molecule has 1 fully saturated rings. The third-order valence-electron chi connectivity index (χ3n) is 3.80. The quantitative estimate of drug-likeness (QED) is 0.834. The Morgan fingerprint density at radius 1 is 1.24 bits per heavy atom. The maximum Gasteiger partial charge on any atom is 0.0411 e. The van der Waals surface area contributed by atoms with Crippen molar-refractivity contribution in [3.05, 3.63) is 34.3 Å². The average molecular weight is 252 g/mol. The summed E-state index contributed by atoms with van der Waals surface area (Å²) in [5.41, 5.74) is 8.70. The first-order valence-electron chi connectivity index (χ1n) is 6.68. The van der Waals surface area contributed by atoms with Crippen molar-refractivity contribution >= 4 is 11.6 Å². The molecule has 1 aromatic carbocycles. The summed E-state index contributed by atoms with van der Waals surface area (Å²) in [5.74, 6) is 0.818. The molecule has 0 radical (unpaired) electrons. The van der Waals surface area contributed by atoms with Gasteiger partial charge >= 0.3 is 0 Å². The van der Waals surface area contributed by atoms with E-state index in [0.717, 1.165) is 17.4 Å². The summed E-state index contributed by atoms with van der Waals surface area (Å²) in [4.78, 5) is 0. The molecule has 1 atom stereocenters. The highest BCUT2D eigenvalue weighted by atomic mass is 35.5. The van der Waals surface area contributed by atoms with Crippen molar-refractivity contribution in [3.63, 3.8) is 0 Å². The molecule has 0 aromatic heterocycles. The first kappa shape index (κ1) is 12.9. The highest BCUT2D eigenvalue weighted by Crippen LogP contribution is 2.31. The monoisotopic (exact) mass is 251 g/mol. The Hall–Kier alpha value is -0.530. The van der Waals surface area contributed by atoms with Crippen molar-refractivity contribution in [1.29, 1.82) is 0 Å². The number of nitrogens with two attached hydrogens (primary N) is 1. The Morgan fingerprint density at radius 2 is 1.94 bits per heavy atom. The minimum absolute atomic E-state index is 0.149. The molecule has 0 aliphatic heterocycles. The lowest BCUT2D eigenvalue weighted by molar-refractivity contribution is 0.319.